The van der Waals surface area contributed by atoms with E-state index in [0.29, 0.717) is 0 Å². The first-order valence-corrected chi connectivity index (χ1v) is 4.05. The van der Waals surface area contributed by atoms with E-state index < -0.39 is 0 Å². The van der Waals surface area contributed by atoms with E-state index in [1.165, 1.54) is 18.4 Å². The van der Waals surface area contributed by atoms with Gasteiger partial charge in [0.1, 0.15) is 0 Å². The highest BCUT2D eigenvalue weighted by Gasteiger charge is 1.90. The topological polar surface area (TPSA) is 20.3 Å². The molecule has 0 saturated heterocycles. The Morgan fingerprint density at radius 1 is 1.55 bits per heavy atom. The lowest BCUT2D eigenvalue weighted by atomic mass is 10.1. The van der Waals surface area contributed by atoms with Crippen LogP contribution in [0.3, 0.4) is 0 Å². The van der Waals surface area contributed by atoms with Crippen molar-refractivity contribution in [3.63, 3.8) is 0 Å². The maximum absolute atomic E-state index is 10.2. The molecule has 0 rings (SSSR count). The van der Waals surface area contributed by atoms with Crippen molar-refractivity contribution in [2.45, 2.75) is 33.1 Å². The Morgan fingerprint density at radius 2 is 2.18 bits per heavy atom. The highest BCUT2D eigenvalue weighted by molar-refractivity contribution is 5.48. The van der Waals surface area contributed by atoms with Gasteiger partial charge in [-0.3, -0.25) is 4.79 Å². The van der Waals surface area contributed by atoms with Gasteiger partial charge in [-0.2, -0.15) is 0 Å². The summed E-state index contributed by atoms with van der Waals surface area (Å²) in [5.41, 5.74) is 1.27. The molecule has 0 atom stereocenters. The predicted octanol–water partition coefficient (Wildman–Crippen LogP) is 2.17. The van der Waals surface area contributed by atoms with Gasteiger partial charge < -0.3 is 4.90 Å². The van der Waals surface area contributed by atoms with Gasteiger partial charge in [-0.15, -0.1) is 0 Å². The first kappa shape index (κ1) is 10.2. The molecular weight excluding hydrogens is 138 g/mol. The van der Waals surface area contributed by atoms with Crippen molar-refractivity contribution in [1.29, 1.82) is 0 Å². The lowest BCUT2D eigenvalue weighted by molar-refractivity contribution is -0.115. The largest absolute Gasteiger partial charge is 0.325 e. The molecule has 0 heterocycles. The fourth-order valence-corrected chi connectivity index (χ4v) is 0.898. The summed E-state index contributed by atoms with van der Waals surface area (Å²) in [5.74, 6) is 0. The molecule has 0 fully saturated rings. The second-order valence-corrected chi connectivity index (χ2v) is 2.85. The molecule has 11 heavy (non-hydrogen) atoms. The Balaban J connectivity index is 3.69. The average molecular weight is 155 g/mol. The molecule has 1 amide bonds. The predicted molar refractivity (Wildman–Crippen MR) is 47.1 cm³/mol. The number of carbonyl (C=O) groups excluding carboxylic acids is 1. The van der Waals surface area contributed by atoms with Crippen molar-refractivity contribution in [3.8, 4) is 0 Å². The van der Waals surface area contributed by atoms with Crippen LogP contribution in [-0.4, -0.2) is 18.4 Å². The molecule has 0 spiro atoms. The van der Waals surface area contributed by atoms with Gasteiger partial charge in [-0.1, -0.05) is 18.9 Å². The molecule has 0 aromatic heterocycles. The van der Waals surface area contributed by atoms with Crippen LogP contribution < -0.4 is 0 Å². The van der Waals surface area contributed by atoms with Crippen LogP contribution in [0.1, 0.15) is 33.1 Å². The Hall–Kier alpha value is -0.790. The van der Waals surface area contributed by atoms with E-state index in [2.05, 4.69) is 13.8 Å². The monoisotopic (exact) mass is 155 g/mol. The number of amides is 1. The maximum atomic E-state index is 10.2. The lowest BCUT2D eigenvalue weighted by Crippen LogP contribution is -2.07. The lowest BCUT2D eigenvalue weighted by Gasteiger charge is -2.05. The quantitative estimate of drug-likeness (QED) is 0.557. The number of hydrogen-bond donors (Lipinski definition) is 0. The van der Waals surface area contributed by atoms with Crippen molar-refractivity contribution in [3.05, 3.63) is 11.8 Å². The van der Waals surface area contributed by atoms with Crippen molar-refractivity contribution in [2.24, 2.45) is 0 Å². The molecule has 2 heteroatoms. The summed E-state index contributed by atoms with van der Waals surface area (Å²) in [6.07, 6.45) is 6.19. The van der Waals surface area contributed by atoms with E-state index in [9.17, 15) is 4.79 Å². The van der Waals surface area contributed by atoms with Crippen molar-refractivity contribution in [2.75, 3.05) is 7.05 Å². The van der Waals surface area contributed by atoms with E-state index >= 15 is 0 Å². The smallest absolute Gasteiger partial charge is 0.213 e. The molecule has 0 aliphatic carbocycles. The van der Waals surface area contributed by atoms with Crippen LogP contribution in [-0.2, 0) is 4.79 Å². The standard InChI is InChI=1S/C9H17NO/c1-4-5-6-9(2)7-10(3)8-11/h7-8H,4-6H2,1-3H3/b9-7+. The average Bonchev–Trinajstić information content (AvgIpc) is 2.00. The van der Waals surface area contributed by atoms with Gasteiger partial charge >= 0.3 is 0 Å². The number of allylic oxidation sites excluding steroid dienone is 1. The van der Waals surface area contributed by atoms with E-state index in [0.717, 1.165) is 12.8 Å². The third-order valence-electron chi connectivity index (χ3n) is 1.51. The van der Waals surface area contributed by atoms with E-state index in [4.69, 9.17) is 0 Å². The van der Waals surface area contributed by atoms with Gasteiger partial charge in [-0.25, -0.2) is 0 Å². The number of nitrogens with zero attached hydrogens (tertiary/aromatic N) is 1. The summed E-state index contributed by atoms with van der Waals surface area (Å²) in [5, 5.41) is 0. The highest BCUT2D eigenvalue weighted by Crippen LogP contribution is 2.05. The number of carbonyl (C=O) groups is 1. The molecule has 0 radical (unpaired) electrons. The minimum absolute atomic E-state index is 0.815. The molecule has 64 valence electrons. The van der Waals surface area contributed by atoms with E-state index in [1.54, 1.807) is 11.9 Å². The van der Waals surface area contributed by atoms with Crippen molar-refractivity contribution in [1.82, 2.24) is 4.90 Å². The van der Waals surface area contributed by atoms with Crippen LogP contribution >= 0.6 is 0 Å². The summed E-state index contributed by atoms with van der Waals surface area (Å²) in [7, 11) is 1.75. The summed E-state index contributed by atoms with van der Waals surface area (Å²) in [6.45, 7) is 4.21. The van der Waals surface area contributed by atoms with Crippen LogP contribution in [0.15, 0.2) is 11.8 Å². The zero-order valence-corrected chi connectivity index (χ0v) is 7.63. The fraction of sp³-hybridized carbons (Fsp3) is 0.667. The minimum atomic E-state index is 0.815. The van der Waals surface area contributed by atoms with Crippen LogP contribution in [0.25, 0.3) is 0 Å². The molecule has 0 aromatic rings. The van der Waals surface area contributed by atoms with Gasteiger partial charge in [0, 0.05) is 13.2 Å². The van der Waals surface area contributed by atoms with Crippen molar-refractivity contribution < 1.29 is 4.79 Å². The van der Waals surface area contributed by atoms with Gasteiger partial charge in [0.15, 0.2) is 0 Å². The normalized spacial score (nSPS) is 11.4. The van der Waals surface area contributed by atoms with Gasteiger partial charge in [0.2, 0.25) is 6.41 Å². The maximum Gasteiger partial charge on any atom is 0.213 e. The molecule has 0 unspecified atom stereocenters. The summed E-state index contributed by atoms with van der Waals surface area (Å²) >= 11 is 0. The van der Waals surface area contributed by atoms with E-state index in [1.807, 2.05) is 6.20 Å². The molecule has 2 nitrogen and oxygen atoms in total. The van der Waals surface area contributed by atoms with Crippen molar-refractivity contribution >= 4 is 6.41 Å². The molecular formula is C9H17NO. The van der Waals surface area contributed by atoms with Crippen LogP contribution in [0.5, 0.6) is 0 Å². The molecule has 0 aromatic carbocycles. The summed E-state index contributed by atoms with van der Waals surface area (Å²) in [6, 6.07) is 0. The second-order valence-electron chi connectivity index (χ2n) is 2.85. The first-order valence-electron chi connectivity index (χ1n) is 4.05. The molecule has 0 N–H and O–H groups in total. The van der Waals surface area contributed by atoms with Gasteiger partial charge in [-0.05, 0) is 19.8 Å². The fourth-order valence-electron chi connectivity index (χ4n) is 0.898. The Morgan fingerprint density at radius 3 is 2.64 bits per heavy atom. The Kier molecular flexibility index (Phi) is 5.53. The molecule has 0 saturated carbocycles. The second kappa shape index (κ2) is 5.96. The Bertz CT molecular complexity index is 140. The first-order chi connectivity index (χ1) is 5.20. The number of rotatable bonds is 5. The zero-order chi connectivity index (χ0) is 8.69. The van der Waals surface area contributed by atoms with E-state index in [-0.39, 0.29) is 0 Å². The minimum Gasteiger partial charge on any atom is -0.325 e. The summed E-state index contributed by atoms with van der Waals surface area (Å²) in [4.78, 5) is 11.7. The van der Waals surface area contributed by atoms with Crippen LogP contribution in [0, 0.1) is 0 Å². The molecule has 0 aliphatic rings. The zero-order valence-electron chi connectivity index (χ0n) is 7.63. The number of hydrogen-bond acceptors (Lipinski definition) is 1. The molecule has 0 aliphatic heterocycles. The highest BCUT2D eigenvalue weighted by atomic mass is 16.1. The third kappa shape index (κ3) is 5.64. The van der Waals surface area contributed by atoms with Gasteiger partial charge in [0.05, 0.1) is 0 Å². The SMILES string of the molecule is CCCC/C(C)=C/N(C)C=O. The molecule has 0 bridgehead atoms. The third-order valence-corrected chi connectivity index (χ3v) is 1.51. The van der Waals surface area contributed by atoms with Crippen LogP contribution in [0.4, 0.5) is 0 Å². The number of unbranched alkanes of at least 4 members (excludes halogenated alkanes) is 1. The summed E-state index contributed by atoms with van der Waals surface area (Å²) < 4.78 is 0. The van der Waals surface area contributed by atoms with Crippen LogP contribution in [0.2, 0.25) is 0 Å². The van der Waals surface area contributed by atoms with Gasteiger partial charge in [0.25, 0.3) is 0 Å². The Labute approximate surface area is 68.9 Å².